The number of hydrogen-bond acceptors (Lipinski definition) is 6. The number of methoxy groups -OCH3 is 4. The van der Waals surface area contributed by atoms with Crippen LogP contribution in [0.5, 0.6) is 23.0 Å². The van der Waals surface area contributed by atoms with Crippen molar-refractivity contribution in [1.82, 2.24) is 0 Å². The van der Waals surface area contributed by atoms with Crippen LogP contribution in [-0.4, -0.2) is 40.9 Å². The minimum atomic E-state index is 0.464. The van der Waals surface area contributed by atoms with Crippen molar-refractivity contribution in [1.29, 1.82) is 0 Å². The fourth-order valence-electron chi connectivity index (χ4n) is 2.13. The Morgan fingerprint density at radius 2 is 0.923 bits per heavy atom. The molecule has 0 radical (unpaired) electrons. The van der Waals surface area contributed by atoms with E-state index < -0.39 is 0 Å². The van der Waals surface area contributed by atoms with Crippen LogP contribution in [0.2, 0.25) is 10.0 Å². The van der Waals surface area contributed by atoms with Gasteiger partial charge in [-0.25, -0.2) is 0 Å². The van der Waals surface area contributed by atoms with Crippen LogP contribution >= 0.6 is 23.2 Å². The molecule has 6 nitrogen and oxygen atoms in total. The standard InChI is InChI=1S/C18H18Cl2N2O4/c1-23-15-5-11(13(19)7-17(15)25-3)9-21-22-10-12-6-16(24-2)18(26-4)8-14(12)20/h5-10H,1-4H3/b21-9-,22-10+. The van der Waals surface area contributed by atoms with Crippen molar-refractivity contribution in [2.45, 2.75) is 0 Å². The molecule has 0 atom stereocenters. The maximum absolute atomic E-state index is 6.20. The molecule has 0 aromatic heterocycles. The molecule has 2 aromatic rings. The molecule has 0 saturated heterocycles. The SMILES string of the molecule is COc1cc(Cl)c(/C=N\N=C\c2cc(OC)c(OC)cc2Cl)cc1OC. The molecular formula is C18H18Cl2N2O4. The van der Waals surface area contributed by atoms with E-state index in [1.165, 1.54) is 12.4 Å². The maximum atomic E-state index is 6.20. The summed E-state index contributed by atoms with van der Waals surface area (Å²) in [7, 11) is 6.17. The first-order valence-corrected chi connectivity index (χ1v) is 8.19. The highest BCUT2D eigenvalue weighted by Gasteiger charge is 2.09. The molecule has 0 aliphatic heterocycles. The van der Waals surface area contributed by atoms with Gasteiger partial charge in [-0.05, 0) is 12.1 Å². The van der Waals surface area contributed by atoms with E-state index >= 15 is 0 Å². The number of hydrogen-bond donors (Lipinski definition) is 0. The lowest BCUT2D eigenvalue weighted by Gasteiger charge is -2.09. The molecule has 0 unspecified atom stereocenters. The summed E-state index contributed by atoms with van der Waals surface area (Å²) in [5.41, 5.74) is 1.28. The Balaban J connectivity index is 2.23. The lowest BCUT2D eigenvalue weighted by atomic mass is 10.2. The van der Waals surface area contributed by atoms with E-state index in [0.717, 1.165) is 0 Å². The zero-order valence-electron chi connectivity index (χ0n) is 14.7. The average molecular weight is 397 g/mol. The van der Waals surface area contributed by atoms with Crippen LogP contribution in [0.25, 0.3) is 0 Å². The first-order chi connectivity index (χ1) is 12.5. The second-order valence-electron chi connectivity index (χ2n) is 4.95. The Labute approximate surface area is 161 Å². The van der Waals surface area contributed by atoms with E-state index in [1.54, 1.807) is 52.7 Å². The van der Waals surface area contributed by atoms with Gasteiger partial charge in [0, 0.05) is 23.3 Å². The van der Waals surface area contributed by atoms with Gasteiger partial charge in [0.25, 0.3) is 0 Å². The van der Waals surface area contributed by atoms with E-state index in [4.69, 9.17) is 42.1 Å². The topological polar surface area (TPSA) is 61.6 Å². The van der Waals surface area contributed by atoms with Crippen molar-refractivity contribution in [3.8, 4) is 23.0 Å². The molecule has 138 valence electrons. The Kier molecular flexibility index (Phi) is 7.12. The molecule has 0 fully saturated rings. The molecule has 8 heteroatoms. The highest BCUT2D eigenvalue weighted by Crippen LogP contribution is 2.33. The number of nitrogens with zero attached hydrogens (tertiary/aromatic N) is 2. The smallest absolute Gasteiger partial charge is 0.162 e. The molecule has 0 saturated carbocycles. The van der Waals surface area contributed by atoms with Crippen molar-refractivity contribution in [2.24, 2.45) is 10.2 Å². The maximum Gasteiger partial charge on any atom is 0.162 e. The lowest BCUT2D eigenvalue weighted by molar-refractivity contribution is 0.355. The van der Waals surface area contributed by atoms with Crippen molar-refractivity contribution < 1.29 is 18.9 Å². The Hall–Kier alpha value is -2.44. The third kappa shape index (κ3) is 4.59. The second-order valence-corrected chi connectivity index (χ2v) is 5.76. The Morgan fingerprint density at radius 1 is 0.615 bits per heavy atom. The first kappa shape index (κ1) is 19.9. The van der Waals surface area contributed by atoms with Crippen LogP contribution in [-0.2, 0) is 0 Å². The second kappa shape index (κ2) is 9.31. The van der Waals surface area contributed by atoms with Crippen LogP contribution in [0.4, 0.5) is 0 Å². The zero-order chi connectivity index (χ0) is 19.1. The number of rotatable bonds is 7. The van der Waals surface area contributed by atoms with E-state index in [-0.39, 0.29) is 0 Å². The minimum absolute atomic E-state index is 0.464. The lowest BCUT2D eigenvalue weighted by Crippen LogP contribution is -1.94. The largest absolute Gasteiger partial charge is 0.493 e. The minimum Gasteiger partial charge on any atom is -0.493 e. The molecule has 0 heterocycles. The van der Waals surface area contributed by atoms with Crippen molar-refractivity contribution in [3.05, 3.63) is 45.4 Å². The normalized spacial score (nSPS) is 11.2. The third-order valence-electron chi connectivity index (χ3n) is 3.47. The highest BCUT2D eigenvalue weighted by molar-refractivity contribution is 6.33. The van der Waals surface area contributed by atoms with Crippen LogP contribution in [0.15, 0.2) is 34.5 Å². The van der Waals surface area contributed by atoms with Crippen molar-refractivity contribution in [2.75, 3.05) is 28.4 Å². The van der Waals surface area contributed by atoms with Crippen LogP contribution in [0, 0.1) is 0 Å². The molecule has 0 aliphatic rings. The highest BCUT2D eigenvalue weighted by atomic mass is 35.5. The summed E-state index contributed by atoms with van der Waals surface area (Å²) in [6.07, 6.45) is 3.02. The van der Waals surface area contributed by atoms with Gasteiger partial charge in [-0.1, -0.05) is 23.2 Å². The average Bonchev–Trinajstić information content (AvgIpc) is 2.66. The zero-order valence-corrected chi connectivity index (χ0v) is 16.3. The molecule has 2 aromatic carbocycles. The fraction of sp³-hybridized carbons (Fsp3) is 0.222. The molecule has 0 N–H and O–H groups in total. The van der Waals surface area contributed by atoms with Gasteiger partial charge < -0.3 is 18.9 Å². The quantitative estimate of drug-likeness (QED) is 0.511. The van der Waals surface area contributed by atoms with Crippen LogP contribution < -0.4 is 18.9 Å². The molecule has 26 heavy (non-hydrogen) atoms. The van der Waals surface area contributed by atoms with Gasteiger partial charge in [-0.2, -0.15) is 10.2 Å². The summed E-state index contributed by atoms with van der Waals surface area (Å²) in [5.74, 6) is 2.17. The molecule has 2 rings (SSSR count). The predicted molar refractivity (Wildman–Crippen MR) is 104 cm³/mol. The molecular weight excluding hydrogens is 379 g/mol. The van der Waals surface area contributed by atoms with Gasteiger partial charge in [-0.15, -0.1) is 0 Å². The Morgan fingerprint density at radius 3 is 1.23 bits per heavy atom. The number of benzene rings is 2. The van der Waals surface area contributed by atoms with Gasteiger partial charge in [0.05, 0.1) is 50.9 Å². The molecule has 0 amide bonds. The van der Waals surface area contributed by atoms with Crippen LogP contribution in [0.1, 0.15) is 11.1 Å². The van der Waals surface area contributed by atoms with E-state index in [0.29, 0.717) is 44.2 Å². The van der Waals surface area contributed by atoms with E-state index in [2.05, 4.69) is 10.2 Å². The fourth-order valence-corrected chi connectivity index (χ4v) is 2.53. The van der Waals surface area contributed by atoms with Crippen LogP contribution in [0.3, 0.4) is 0 Å². The predicted octanol–water partition coefficient (Wildman–Crippen LogP) is 4.48. The van der Waals surface area contributed by atoms with E-state index in [9.17, 15) is 0 Å². The summed E-state index contributed by atoms with van der Waals surface area (Å²) in [6.45, 7) is 0. The summed E-state index contributed by atoms with van der Waals surface area (Å²) < 4.78 is 20.9. The molecule has 0 spiro atoms. The van der Waals surface area contributed by atoms with Gasteiger partial charge >= 0.3 is 0 Å². The van der Waals surface area contributed by atoms with Gasteiger partial charge in [0.1, 0.15) is 0 Å². The summed E-state index contributed by atoms with van der Waals surface area (Å²) in [6, 6.07) is 6.72. The number of halogens is 2. The Bertz CT molecular complexity index is 769. The third-order valence-corrected chi connectivity index (χ3v) is 4.12. The summed E-state index contributed by atoms with van der Waals surface area (Å²) in [5, 5.41) is 8.93. The van der Waals surface area contributed by atoms with Gasteiger partial charge in [0.15, 0.2) is 23.0 Å². The molecule has 0 aliphatic carbocycles. The first-order valence-electron chi connectivity index (χ1n) is 7.43. The van der Waals surface area contributed by atoms with Crippen molar-refractivity contribution in [3.63, 3.8) is 0 Å². The van der Waals surface area contributed by atoms with E-state index in [1.807, 2.05) is 0 Å². The monoisotopic (exact) mass is 396 g/mol. The molecule has 0 bridgehead atoms. The number of ether oxygens (including phenoxy) is 4. The van der Waals surface area contributed by atoms with Gasteiger partial charge in [0.2, 0.25) is 0 Å². The van der Waals surface area contributed by atoms with Gasteiger partial charge in [-0.3, -0.25) is 0 Å². The van der Waals surface area contributed by atoms with Crippen molar-refractivity contribution >= 4 is 35.6 Å². The summed E-state index contributed by atoms with van der Waals surface area (Å²) >= 11 is 12.4. The summed E-state index contributed by atoms with van der Waals surface area (Å²) in [4.78, 5) is 0.